The van der Waals surface area contributed by atoms with Crippen LogP contribution < -0.4 is 5.32 Å². The van der Waals surface area contributed by atoms with Crippen molar-refractivity contribution in [3.05, 3.63) is 0 Å². The number of likely N-dealkylation sites (N-methyl/N-ethyl adjacent to an activating group) is 1. The normalized spacial score (nSPS) is 29.0. The molecule has 15 heavy (non-hydrogen) atoms. The molecular formula is C12H25N3. The maximum Gasteiger partial charge on any atom is 0.0235 e. The van der Waals surface area contributed by atoms with Crippen molar-refractivity contribution in [2.45, 2.75) is 32.2 Å². The van der Waals surface area contributed by atoms with Gasteiger partial charge in [0, 0.05) is 25.7 Å². The molecule has 0 amide bonds. The molecule has 0 aromatic carbocycles. The third-order valence-corrected chi connectivity index (χ3v) is 3.76. The van der Waals surface area contributed by atoms with Crippen molar-refractivity contribution in [1.29, 1.82) is 0 Å². The van der Waals surface area contributed by atoms with Crippen LogP contribution in [0, 0.1) is 0 Å². The van der Waals surface area contributed by atoms with Gasteiger partial charge in [0.2, 0.25) is 0 Å². The van der Waals surface area contributed by atoms with Gasteiger partial charge in [-0.25, -0.2) is 0 Å². The lowest BCUT2D eigenvalue weighted by molar-refractivity contribution is 0.232. The molecule has 0 radical (unpaired) electrons. The maximum atomic E-state index is 3.40. The molecule has 1 N–H and O–H groups in total. The Hall–Kier alpha value is -0.120. The van der Waals surface area contributed by atoms with Crippen LogP contribution in [-0.4, -0.2) is 61.7 Å². The van der Waals surface area contributed by atoms with E-state index < -0.39 is 0 Å². The van der Waals surface area contributed by atoms with Gasteiger partial charge in [0.15, 0.2) is 0 Å². The van der Waals surface area contributed by atoms with Gasteiger partial charge in [-0.15, -0.1) is 0 Å². The molecule has 0 saturated carbocycles. The molecule has 2 aliphatic heterocycles. The van der Waals surface area contributed by atoms with Gasteiger partial charge in [-0.05, 0) is 45.4 Å². The molecule has 1 unspecified atom stereocenters. The third-order valence-electron chi connectivity index (χ3n) is 3.76. The molecule has 3 nitrogen and oxygen atoms in total. The lowest BCUT2D eigenvalue weighted by atomic mass is 10.2. The van der Waals surface area contributed by atoms with Crippen LogP contribution in [0.4, 0.5) is 0 Å². The number of nitrogens with one attached hydrogen (secondary N) is 1. The first kappa shape index (κ1) is 11.4. The van der Waals surface area contributed by atoms with Crippen molar-refractivity contribution in [2.24, 2.45) is 0 Å². The van der Waals surface area contributed by atoms with E-state index in [-0.39, 0.29) is 0 Å². The molecule has 0 aliphatic carbocycles. The summed E-state index contributed by atoms with van der Waals surface area (Å²) >= 11 is 0. The van der Waals surface area contributed by atoms with Crippen molar-refractivity contribution >= 4 is 0 Å². The zero-order valence-electron chi connectivity index (χ0n) is 10.0. The largest absolute Gasteiger partial charge is 0.316 e. The van der Waals surface area contributed by atoms with E-state index in [9.17, 15) is 0 Å². The van der Waals surface area contributed by atoms with Crippen molar-refractivity contribution in [3.63, 3.8) is 0 Å². The summed E-state index contributed by atoms with van der Waals surface area (Å²) in [6.07, 6.45) is 4.24. The van der Waals surface area contributed by atoms with Crippen LogP contribution in [0.5, 0.6) is 0 Å². The van der Waals surface area contributed by atoms with Crippen LogP contribution in [0.2, 0.25) is 0 Å². The van der Waals surface area contributed by atoms with E-state index in [1.165, 1.54) is 52.0 Å². The van der Waals surface area contributed by atoms with Crippen molar-refractivity contribution < 1.29 is 0 Å². The zero-order chi connectivity index (χ0) is 10.5. The van der Waals surface area contributed by atoms with Gasteiger partial charge in [0.1, 0.15) is 0 Å². The molecule has 2 rings (SSSR count). The SMILES string of the molecule is CCNCCN1CCC(N2CCCC2)C1. The summed E-state index contributed by atoms with van der Waals surface area (Å²) in [5.41, 5.74) is 0. The topological polar surface area (TPSA) is 18.5 Å². The zero-order valence-corrected chi connectivity index (χ0v) is 10.0. The lowest BCUT2D eigenvalue weighted by Crippen LogP contribution is -2.37. The molecule has 2 fully saturated rings. The standard InChI is InChI=1S/C12H25N3/c1-2-13-6-10-14-9-5-12(11-14)15-7-3-4-8-15/h12-13H,2-11H2,1H3. The Labute approximate surface area is 93.8 Å². The minimum atomic E-state index is 0.870. The van der Waals surface area contributed by atoms with Crippen LogP contribution in [0.1, 0.15) is 26.2 Å². The molecule has 2 heterocycles. The quantitative estimate of drug-likeness (QED) is 0.678. The predicted molar refractivity (Wildman–Crippen MR) is 64.2 cm³/mol. The number of hydrogen-bond acceptors (Lipinski definition) is 3. The Kier molecular flexibility index (Phi) is 4.42. The van der Waals surface area contributed by atoms with Crippen LogP contribution in [-0.2, 0) is 0 Å². The average molecular weight is 211 g/mol. The van der Waals surface area contributed by atoms with Crippen LogP contribution in [0.25, 0.3) is 0 Å². The number of nitrogens with zero attached hydrogens (tertiary/aromatic N) is 2. The van der Waals surface area contributed by atoms with Gasteiger partial charge >= 0.3 is 0 Å². The second-order valence-electron chi connectivity index (χ2n) is 4.84. The summed E-state index contributed by atoms with van der Waals surface area (Å²) in [5.74, 6) is 0. The van der Waals surface area contributed by atoms with Gasteiger partial charge in [-0.3, -0.25) is 4.90 Å². The van der Waals surface area contributed by atoms with E-state index in [1.54, 1.807) is 0 Å². The van der Waals surface area contributed by atoms with E-state index >= 15 is 0 Å². The summed E-state index contributed by atoms with van der Waals surface area (Å²) in [7, 11) is 0. The van der Waals surface area contributed by atoms with Crippen LogP contribution >= 0.6 is 0 Å². The first-order valence-electron chi connectivity index (χ1n) is 6.57. The van der Waals surface area contributed by atoms with E-state index in [0.717, 1.165) is 19.1 Å². The van der Waals surface area contributed by atoms with E-state index in [1.807, 2.05) is 0 Å². The minimum Gasteiger partial charge on any atom is -0.316 e. The number of hydrogen-bond donors (Lipinski definition) is 1. The fourth-order valence-corrected chi connectivity index (χ4v) is 2.83. The molecular weight excluding hydrogens is 186 g/mol. The van der Waals surface area contributed by atoms with Crippen molar-refractivity contribution in [3.8, 4) is 0 Å². The van der Waals surface area contributed by atoms with Crippen molar-refractivity contribution in [1.82, 2.24) is 15.1 Å². The first-order chi connectivity index (χ1) is 7.40. The van der Waals surface area contributed by atoms with Gasteiger partial charge in [-0.1, -0.05) is 6.92 Å². The second-order valence-corrected chi connectivity index (χ2v) is 4.84. The maximum absolute atomic E-state index is 3.40. The van der Waals surface area contributed by atoms with Gasteiger partial charge in [0.05, 0.1) is 0 Å². The van der Waals surface area contributed by atoms with Crippen molar-refractivity contribution in [2.75, 3.05) is 45.8 Å². The fraction of sp³-hybridized carbons (Fsp3) is 1.00. The predicted octanol–water partition coefficient (Wildman–Crippen LogP) is 0.766. The summed E-state index contributed by atoms with van der Waals surface area (Å²) in [5, 5.41) is 3.40. The van der Waals surface area contributed by atoms with Gasteiger partial charge in [0.25, 0.3) is 0 Å². The number of rotatable bonds is 5. The average Bonchev–Trinajstić information content (AvgIpc) is 2.87. The van der Waals surface area contributed by atoms with Gasteiger partial charge in [-0.2, -0.15) is 0 Å². The Balaban J connectivity index is 1.65. The molecule has 0 spiro atoms. The summed E-state index contributed by atoms with van der Waals surface area (Å²) in [4.78, 5) is 5.32. The molecule has 0 bridgehead atoms. The highest BCUT2D eigenvalue weighted by Crippen LogP contribution is 2.19. The Morgan fingerprint density at radius 1 is 1.20 bits per heavy atom. The highest BCUT2D eigenvalue weighted by molar-refractivity contribution is 4.85. The summed E-state index contributed by atoms with van der Waals surface area (Å²) < 4.78 is 0. The van der Waals surface area contributed by atoms with E-state index in [0.29, 0.717) is 0 Å². The lowest BCUT2D eigenvalue weighted by Gasteiger charge is -2.23. The first-order valence-corrected chi connectivity index (χ1v) is 6.57. The molecule has 88 valence electrons. The Morgan fingerprint density at radius 2 is 2.00 bits per heavy atom. The van der Waals surface area contributed by atoms with Crippen LogP contribution in [0.3, 0.4) is 0 Å². The molecule has 3 heteroatoms. The third kappa shape index (κ3) is 3.16. The molecule has 1 atom stereocenters. The number of likely N-dealkylation sites (tertiary alicyclic amines) is 2. The van der Waals surface area contributed by atoms with Crippen LogP contribution in [0.15, 0.2) is 0 Å². The second kappa shape index (κ2) is 5.83. The molecule has 0 aromatic rings. The smallest absolute Gasteiger partial charge is 0.0235 e. The fourth-order valence-electron chi connectivity index (χ4n) is 2.83. The summed E-state index contributed by atoms with van der Waals surface area (Å²) in [6, 6.07) is 0.870. The highest BCUT2D eigenvalue weighted by atomic mass is 15.3. The Morgan fingerprint density at radius 3 is 2.73 bits per heavy atom. The summed E-state index contributed by atoms with van der Waals surface area (Å²) in [6.45, 7) is 11.0. The molecule has 0 aromatic heterocycles. The van der Waals surface area contributed by atoms with E-state index in [4.69, 9.17) is 0 Å². The Bertz CT molecular complexity index is 178. The highest BCUT2D eigenvalue weighted by Gasteiger charge is 2.28. The molecule has 2 saturated heterocycles. The molecule has 2 aliphatic rings. The van der Waals surface area contributed by atoms with Gasteiger partial charge < -0.3 is 10.2 Å². The minimum absolute atomic E-state index is 0.870. The monoisotopic (exact) mass is 211 g/mol. The van der Waals surface area contributed by atoms with E-state index in [2.05, 4.69) is 22.0 Å².